The Morgan fingerprint density at radius 2 is 1.88 bits per heavy atom. The molecule has 0 saturated heterocycles. The Morgan fingerprint density at radius 3 is 2.50 bits per heavy atom. The van der Waals surface area contributed by atoms with Gasteiger partial charge < -0.3 is 20.8 Å². The lowest BCUT2D eigenvalue weighted by Gasteiger charge is -2.30. The third-order valence-electron chi connectivity index (χ3n) is 5.10. The van der Waals surface area contributed by atoms with E-state index in [1.54, 1.807) is 19.2 Å². The van der Waals surface area contributed by atoms with Gasteiger partial charge in [0.2, 0.25) is 0 Å². The molecule has 2 aromatic rings. The highest BCUT2D eigenvalue weighted by Gasteiger charge is 2.35. The van der Waals surface area contributed by atoms with Gasteiger partial charge >= 0.3 is 0 Å². The minimum Gasteiger partial charge on any atom is -0.454 e. The second kappa shape index (κ2) is 8.08. The molecule has 1 aromatic carbocycles. The van der Waals surface area contributed by atoms with Gasteiger partial charge in [-0.05, 0) is 30.5 Å². The zero-order valence-electron chi connectivity index (χ0n) is 15.1. The highest BCUT2D eigenvalue weighted by Crippen LogP contribution is 2.40. The van der Waals surface area contributed by atoms with Crippen LogP contribution in [-0.4, -0.2) is 25.5 Å². The molecule has 0 spiro atoms. The quantitative estimate of drug-likeness (QED) is 0.549. The molecule has 138 valence electrons. The summed E-state index contributed by atoms with van der Waals surface area (Å²) < 4.78 is 5.39. The van der Waals surface area contributed by atoms with Crippen molar-refractivity contribution in [2.24, 2.45) is 10.7 Å². The monoisotopic (exact) mass is 354 g/mol. The first-order valence-corrected chi connectivity index (χ1v) is 9.01. The molecule has 1 aliphatic rings. The number of hydrogen-bond donors (Lipinski definition) is 3. The molecule has 1 fully saturated rings. The molecule has 1 aliphatic carbocycles. The van der Waals surface area contributed by atoms with E-state index >= 15 is 0 Å². The van der Waals surface area contributed by atoms with E-state index in [4.69, 9.17) is 10.2 Å². The SMILES string of the molecule is CN=C(NCc1ccc(C(N)=O)o1)NCC1(c2ccccc2)CCCC1. The van der Waals surface area contributed by atoms with Crippen LogP contribution in [0.1, 0.15) is 47.6 Å². The van der Waals surface area contributed by atoms with Crippen molar-refractivity contribution in [3.8, 4) is 0 Å². The van der Waals surface area contributed by atoms with E-state index in [0.29, 0.717) is 18.3 Å². The zero-order chi connectivity index (χ0) is 18.4. The van der Waals surface area contributed by atoms with Gasteiger partial charge in [0.1, 0.15) is 5.76 Å². The first-order valence-electron chi connectivity index (χ1n) is 9.01. The van der Waals surface area contributed by atoms with Gasteiger partial charge in [-0.2, -0.15) is 0 Å². The molecule has 26 heavy (non-hydrogen) atoms. The van der Waals surface area contributed by atoms with Crippen LogP contribution in [-0.2, 0) is 12.0 Å². The Balaban J connectivity index is 1.60. The minimum atomic E-state index is -0.565. The number of nitrogens with two attached hydrogens (primary N) is 1. The molecule has 0 unspecified atom stereocenters. The van der Waals surface area contributed by atoms with Crippen LogP contribution in [0.4, 0.5) is 0 Å². The smallest absolute Gasteiger partial charge is 0.284 e. The summed E-state index contributed by atoms with van der Waals surface area (Å²) in [6.07, 6.45) is 4.87. The van der Waals surface area contributed by atoms with Crippen molar-refractivity contribution in [2.75, 3.05) is 13.6 Å². The van der Waals surface area contributed by atoms with Crippen molar-refractivity contribution in [1.82, 2.24) is 10.6 Å². The van der Waals surface area contributed by atoms with Crippen LogP contribution in [0.5, 0.6) is 0 Å². The fraction of sp³-hybridized carbons (Fsp3) is 0.400. The molecule has 4 N–H and O–H groups in total. The van der Waals surface area contributed by atoms with Crippen molar-refractivity contribution in [2.45, 2.75) is 37.6 Å². The molecule has 1 heterocycles. The van der Waals surface area contributed by atoms with E-state index in [1.807, 2.05) is 0 Å². The van der Waals surface area contributed by atoms with Crippen LogP contribution in [0.2, 0.25) is 0 Å². The number of aliphatic imine (C=N–C) groups is 1. The highest BCUT2D eigenvalue weighted by atomic mass is 16.3. The lowest BCUT2D eigenvalue weighted by atomic mass is 9.79. The normalized spacial score (nSPS) is 16.4. The van der Waals surface area contributed by atoms with Crippen LogP contribution in [0.25, 0.3) is 0 Å². The molecule has 6 heteroatoms. The summed E-state index contributed by atoms with van der Waals surface area (Å²) in [5, 5.41) is 6.68. The summed E-state index contributed by atoms with van der Waals surface area (Å²) in [5.41, 5.74) is 6.75. The van der Waals surface area contributed by atoms with E-state index in [2.05, 4.69) is 46.0 Å². The van der Waals surface area contributed by atoms with Crippen LogP contribution < -0.4 is 16.4 Å². The van der Waals surface area contributed by atoms with Gasteiger partial charge in [-0.3, -0.25) is 9.79 Å². The van der Waals surface area contributed by atoms with E-state index in [0.717, 1.165) is 6.54 Å². The van der Waals surface area contributed by atoms with Crippen LogP contribution in [0, 0.1) is 0 Å². The van der Waals surface area contributed by atoms with Crippen molar-refractivity contribution in [1.29, 1.82) is 0 Å². The Labute approximate surface area is 153 Å². The van der Waals surface area contributed by atoms with Crippen molar-refractivity contribution >= 4 is 11.9 Å². The molecule has 3 rings (SSSR count). The molecule has 6 nitrogen and oxygen atoms in total. The molecule has 1 amide bonds. The number of nitrogens with one attached hydrogen (secondary N) is 2. The maximum Gasteiger partial charge on any atom is 0.284 e. The summed E-state index contributed by atoms with van der Waals surface area (Å²) in [6.45, 7) is 1.27. The predicted octanol–water partition coefficient (Wildman–Crippen LogP) is 2.56. The van der Waals surface area contributed by atoms with Crippen LogP contribution >= 0.6 is 0 Å². The second-order valence-electron chi connectivity index (χ2n) is 6.76. The standard InChI is InChI=1S/C20H26N4O2/c1-22-19(23-13-16-9-10-17(26-16)18(21)25)24-14-20(11-5-6-12-20)15-7-3-2-4-8-15/h2-4,7-10H,5-6,11-14H2,1H3,(H2,21,25)(H2,22,23,24). The largest absolute Gasteiger partial charge is 0.454 e. The maximum atomic E-state index is 11.1. The first-order chi connectivity index (χ1) is 12.6. The van der Waals surface area contributed by atoms with Gasteiger partial charge in [-0.1, -0.05) is 43.2 Å². The average Bonchev–Trinajstić information content (AvgIpc) is 3.33. The maximum absolute atomic E-state index is 11.1. The van der Waals surface area contributed by atoms with Gasteiger partial charge in [0.15, 0.2) is 11.7 Å². The number of benzene rings is 1. The van der Waals surface area contributed by atoms with Gasteiger partial charge in [-0.15, -0.1) is 0 Å². The Kier molecular flexibility index (Phi) is 5.61. The third-order valence-corrected chi connectivity index (χ3v) is 5.10. The van der Waals surface area contributed by atoms with Crippen molar-refractivity contribution < 1.29 is 9.21 Å². The molecule has 0 bridgehead atoms. The van der Waals surface area contributed by atoms with E-state index < -0.39 is 5.91 Å². The summed E-state index contributed by atoms with van der Waals surface area (Å²) in [5.74, 6) is 0.952. The highest BCUT2D eigenvalue weighted by molar-refractivity contribution is 5.89. The number of amides is 1. The van der Waals surface area contributed by atoms with Gasteiger partial charge in [0.25, 0.3) is 5.91 Å². The Morgan fingerprint density at radius 1 is 1.15 bits per heavy atom. The van der Waals surface area contributed by atoms with E-state index in [9.17, 15) is 4.79 Å². The molecule has 1 aromatic heterocycles. The lowest BCUT2D eigenvalue weighted by Crippen LogP contribution is -2.44. The number of hydrogen-bond acceptors (Lipinski definition) is 3. The predicted molar refractivity (Wildman–Crippen MR) is 102 cm³/mol. The summed E-state index contributed by atoms with van der Waals surface area (Å²) in [7, 11) is 1.75. The summed E-state index contributed by atoms with van der Waals surface area (Å²) in [6, 6.07) is 14.0. The Bertz CT molecular complexity index is 761. The topological polar surface area (TPSA) is 92.6 Å². The lowest BCUT2D eigenvalue weighted by molar-refractivity contribution is 0.0972. The van der Waals surface area contributed by atoms with Gasteiger partial charge in [0.05, 0.1) is 6.54 Å². The third kappa shape index (κ3) is 4.07. The first kappa shape index (κ1) is 18.0. The second-order valence-corrected chi connectivity index (χ2v) is 6.76. The number of nitrogens with zero attached hydrogens (tertiary/aromatic N) is 1. The number of rotatable bonds is 6. The number of guanidine groups is 1. The van der Waals surface area contributed by atoms with E-state index in [-0.39, 0.29) is 11.2 Å². The molecular formula is C20H26N4O2. The zero-order valence-corrected chi connectivity index (χ0v) is 15.1. The molecule has 0 aliphatic heterocycles. The van der Waals surface area contributed by atoms with Crippen molar-refractivity contribution in [3.63, 3.8) is 0 Å². The number of furan rings is 1. The molecular weight excluding hydrogens is 328 g/mol. The van der Waals surface area contributed by atoms with Gasteiger partial charge in [-0.25, -0.2) is 0 Å². The number of carbonyl (C=O) groups excluding carboxylic acids is 1. The van der Waals surface area contributed by atoms with Crippen LogP contribution in [0.3, 0.4) is 0 Å². The van der Waals surface area contributed by atoms with E-state index in [1.165, 1.54) is 31.2 Å². The van der Waals surface area contributed by atoms with Crippen LogP contribution in [0.15, 0.2) is 51.9 Å². The Hall–Kier alpha value is -2.76. The number of primary amides is 1. The van der Waals surface area contributed by atoms with Gasteiger partial charge in [0, 0.05) is 19.0 Å². The number of carbonyl (C=O) groups is 1. The molecule has 1 saturated carbocycles. The minimum absolute atomic E-state index is 0.155. The summed E-state index contributed by atoms with van der Waals surface area (Å²) >= 11 is 0. The molecule has 0 atom stereocenters. The molecule has 0 radical (unpaired) electrons. The van der Waals surface area contributed by atoms with Crippen molar-refractivity contribution in [3.05, 3.63) is 59.5 Å². The fourth-order valence-electron chi connectivity index (χ4n) is 3.66. The average molecular weight is 354 g/mol. The fourth-order valence-corrected chi connectivity index (χ4v) is 3.66. The summed E-state index contributed by atoms with van der Waals surface area (Å²) in [4.78, 5) is 15.4.